The fraction of sp³-hybridized carbons (Fsp3) is 0.706. The molecule has 6 heteroatoms. The average Bonchev–Trinajstić information content (AvgIpc) is 3.15. The maximum Gasteiger partial charge on any atom is 0.225 e. The first kappa shape index (κ1) is 16.2. The monoisotopic (exact) mass is 318 g/mol. The molecule has 0 aromatic carbocycles. The molecule has 126 valence electrons. The van der Waals surface area contributed by atoms with Crippen LogP contribution in [0.3, 0.4) is 0 Å². The number of aryl methyl sites for hydroxylation is 1. The Hall–Kier alpha value is -1.69. The molecule has 2 saturated heterocycles. The fourth-order valence-corrected chi connectivity index (χ4v) is 3.48. The van der Waals surface area contributed by atoms with Gasteiger partial charge >= 0.3 is 0 Å². The number of nitrogens with zero attached hydrogens (tertiary/aromatic N) is 4. The van der Waals surface area contributed by atoms with E-state index in [1.165, 1.54) is 12.8 Å². The van der Waals surface area contributed by atoms with Gasteiger partial charge in [-0.05, 0) is 38.2 Å². The standard InChI is InChI=1S/C17H26N4O2/c1-13-9-15(19-17(18-13)20-5-3-4-6-20)10-14-11-16(22)21(12-14)7-8-23-2/h9,14H,3-8,10-12H2,1-2H3. The summed E-state index contributed by atoms with van der Waals surface area (Å²) in [5, 5.41) is 0. The largest absolute Gasteiger partial charge is 0.383 e. The van der Waals surface area contributed by atoms with Crippen molar-refractivity contribution < 1.29 is 9.53 Å². The van der Waals surface area contributed by atoms with E-state index in [0.717, 1.165) is 43.4 Å². The molecule has 0 radical (unpaired) electrons. The minimum Gasteiger partial charge on any atom is -0.383 e. The van der Waals surface area contributed by atoms with E-state index in [1.807, 2.05) is 11.8 Å². The van der Waals surface area contributed by atoms with E-state index in [0.29, 0.717) is 25.5 Å². The topological polar surface area (TPSA) is 58.6 Å². The Morgan fingerprint density at radius 1 is 1.30 bits per heavy atom. The van der Waals surface area contributed by atoms with Gasteiger partial charge in [-0.2, -0.15) is 0 Å². The van der Waals surface area contributed by atoms with Crippen molar-refractivity contribution in [3.05, 3.63) is 17.5 Å². The van der Waals surface area contributed by atoms with Crippen LogP contribution in [0.5, 0.6) is 0 Å². The van der Waals surface area contributed by atoms with Gasteiger partial charge in [0.1, 0.15) is 0 Å². The number of likely N-dealkylation sites (tertiary alicyclic amines) is 1. The third-order valence-electron chi connectivity index (χ3n) is 4.64. The summed E-state index contributed by atoms with van der Waals surface area (Å²) in [5.74, 6) is 1.44. The molecule has 0 N–H and O–H groups in total. The SMILES string of the molecule is COCCN1CC(Cc2cc(C)nc(N3CCCC3)n2)CC1=O. The molecule has 1 atom stereocenters. The van der Waals surface area contributed by atoms with Gasteiger partial charge in [-0.3, -0.25) is 4.79 Å². The first-order valence-electron chi connectivity index (χ1n) is 8.52. The van der Waals surface area contributed by atoms with E-state index in [4.69, 9.17) is 9.72 Å². The lowest BCUT2D eigenvalue weighted by atomic mass is 10.0. The first-order chi connectivity index (χ1) is 11.2. The van der Waals surface area contributed by atoms with Crippen LogP contribution in [0, 0.1) is 12.8 Å². The molecule has 1 amide bonds. The van der Waals surface area contributed by atoms with Crippen LogP contribution < -0.4 is 4.90 Å². The van der Waals surface area contributed by atoms with Gasteiger partial charge in [-0.1, -0.05) is 0 Å². The lowest BCUT2D eigenvalue weighted by molar-refractivity contribution is -0.128. The van der Waals surface area contributed by atoms with Gasteiger partial charge in [0.05, 0.1) is 6.61 Å². The number of carbonyl (C=O) groups is 1. The summed E-state index contributed by atoms with van der Waals surface area (Å²) in [6.07, 6.45) is 3.90. The van der Waals surface area contributed by atoms with Crippen LogP contribution in [0.2, 0.25) is 0 Å². The van der Waals surface area contributed by atoms with Crippen LogP contribution >= 0.6 is 0 Å². The maximum atomic E-state index is 12.1. The Morgan fingerprint density at radius 2 is 2.09 bits per heavy atom. The highest BCUT2D eigenvalue weighted by molar-refractivity contribution is 5.78. The molecule has 2 aliphatic rings. The van der Waals surface area contributed by atoms with E-state index in [2.05, 4.69) is 16.0 Å². The summed E-state index contributed by atoms with van der Waals surface area (Å²) >= 11 is 0. The molecule has 0 aliphatic carbocycles. The molecular weight excluding hydrogens is 292 g/mol. The Kier molecular flexibility index (Phi) is 5.10. The summed E-state index contributed by atoms with van der Waals surface area (Å²) < 4.78 is 5.07. The van der Waals surface area contributed by atoms with Crippen molar-refractivity contribution in [3.8, 4) is 0 Å². The number of rotatable bonds is 6. The Morgan fingerprint density at radius 3 is 2.83 bits per heavy atom. The number of aromatic nitrogens is 2. The Labute approximate surface area is 137 Å². The molecule has 3 heterocycles. The van der Waals surface area contributed by atoms with Crippen LogP contribution in [-0.4, -0.2) is 60.7 Å². The third kappa shape index (κ3) is 3.99. The zero-order valence-corrected chi connectivity index (χ0v) is 14.1. The third-order valence-corrected chi connectivity index (χ3v) is 4.64. The average molecular weight is 318 g/mol. The second-order valence-corrected chi connectivity index (χ2v) is 6.60. The fourth-order valence-electron chi connectivity index (χ4n) is 3.48. The molecule has 1 aromatic rings. The summed E-state index contributed by atoms with van der Waals surface area (Å²) in [4.78, 5) is 25.6. The zero-order chi connectivity index (χ0) is 16.2. The molecule has 1 unspecified atom stereocenters. The number of anilines is 1. The van der Waals surface area contributed by atoms with E-state index >= 15 is 0 Å². The first-order valence-corrected chi connectivity index (χ1v) is 8.52. The highest BCUT2D eigenvalue weighted by Crippen LogP contribution is 2.23. The minimum absolute atomic E-state index is 0.234. The Bertz CT molecular complexity index is 558. The molecule has 2 aliphatic heterocycles. The van der Waals surface area contributed by atoms with Crippen LogP contribution in [0.15, 0.2) is 6.07 Å². The molecule has 3 rings (SSSR count). The van der Waals surface area contributed by atoms with Crippen molar-refractivity contribution in [1.82, 2.24) is 14.9 Å². The number of hydrogen-bond donors (Lipinski definition) is 0. The molecule has 6 nitrogen and oxygen atoms in total. The van der Waals surface area contributed by atoms with Gasteiger partial charge in [0.25, 0.3) is 0 Å². The van der Waals surface area contributed by atoms with Crippen LogP contribution in [0.25, 0.3) is 0 Å². The quantitative estimate of drug-likeness (QED) is 0.794. The number of hydrogen-bond acceptors (Lipinski definition) is 5. The summed E-state index contributed by atoms with van der Waals surface area (Å²) in [5.41, 5.74) is 2.07. The lowest BCUT2D eigenvalue weighted by Gasteiger charge is -2.18. The molecule has 0 spiro atoms. The second-order valence-electron chi connectivity index (χ2n) is 6.60. The number of methoxy groups -OCH3 is 1. The summed E-state index contributed by atoms with van der Waals surface area (Å²) in [6, 6.07) is 2.06. The van der Waals surface area contributed by atoms with Crippen molar-refractivity contribution in [2.24, 2.45) is 5.92 Å². The van der Waals surface area contributed by atoms with Gasteiger partial charge in [-0.25, -0.2) is 9.97 Å². The smallest absolute Gasteiger partial charge is 0.225 e. The zero-order valence-electron chi connectivity index (χ0n) is 14.1. The molecule has 2 fully saturated rings. The van der Waals surface area contributed by atoms with Gasteiger partial charge in [-0.15, -0.1) is 0 Å². The molecule has 0 bridgehead atoms. The maximum absolute atomic E-state index is 12.1. The normalized spacial score (nSPS) is 21.5. The van der Waals surface area contributed by atoms with Gasteiger partial charge < -0.3 is 14.5 Å². The van der Waals surface area contributed by atoms with Gasteiger partial charge in [0.15, 0.2) is 0 Å². The molecular formula is C17H26N4O2. The minimum atomic E-state index is 0.234. The number of amides is 1. The van der Waals surface area contributed by atoms with E-state index < -0.39 is 0 Å². The highest BCUT2D eigenvalue weighted by Gasteiger charge is 2.29. The number of carbonyl (C=O) groups excluding carboxylic acids is 1. The Balaban J connectivity index is 1.65. The van der Waals surface area contributed by atoms with Crippen LogP contribution in [0.1, 0.15) is 30.7 Å². The van der Waals surface area contributed by atoms with Crippen molar-refractivity contribution in [2.45, 2.75) is 32.6 Å². The van der Waals surface area contributed by atoms with Crippen molar-refractivity contribution in [3.63, 3.8) is 0 Å². The van der Waals surface area contributed by atoms with Crippen molar-refractivity contribution in [1.29, 1.82) is 0 Å². The molecule has 23 heavy (non-hydrogen) atoms. The molecule has 1 aromatic heterocycles. The summed E-state index contributed by atoms with van der Waals surface area (Å²) in [7, 11) is 1.67. The van der Waals surface area contributed by atoms with Gasteiger partial charge in [0.2, 0.25) is 11.9 Å². The van der Waals surface area contributed by atoms with Crippen LogP contribution in [-0.2, 0) is 16.0 Å². The predicted molar refractivity (Wildman–Crippen MR) is 88.5 cm³/mol. The van der Waals surface area contributed by atoms with Crippen molar-refractivity contribution in [2.75, 3.05) is 44.8 Å². The summed E-state index contributed by atoms with van der Waals surface area (Å²) in [6.45, 7) is 6.22. The second kappa shape index (κ2) is 7.25. The predicted octanol–water partition coefficient (Wildman–Crippen LogP) is 1.42. The van der Waals surface area contributed by atoms with E-state index in [1.54, 1.807) is 7.11 Å². The lowest BCUT2D eigenvalue weighted by Crippen LogP contribution is -2.29. The van der Waals surface area contributed by atoms with Crippen LogP contribution in [0.4, 0.5) is 5.95 Å². The van der Waals surface area contributed by atoms with Gasteiger partial charge in [0, 0.05) is 51.1 Å². The number of ether oxygens (including phenoxy) is 1. The van der Waals surface area contributed by atoms with E-state index in [-0.39, 0.29) is 5.91 Å². The van der Waals surface area contributed by atoms with Crippen molar-refractivity contribution >= 4 is 11.9 Å². The van der Waals surface area contributed by atoms with E-state index in [9.17, 15) is 4.79 Å². The molecule has 0 saturated carbocycles. The highest BCUT2D eigenvalue weighted by atomic mass is 16.5.